The van der Waals surface area contributed by atoms with Crippen molar-refractivity contribution >= 4 is 40.1 Å². The van der Waals surface area contributed by atoms with Crippen LogP contribution in [0.5, 0.6) is 5.75 Å². The molecule has 0 amide bonds. The Balaban J connectivity index is 1.50. The largest absolute Gasteiger partial charge is 0.492 e. The topological polar surface area (TPSA) is 79.1 Å². The van der Waals surface area contributed by atoms with E-state index in [9.17, 15) is 9.59 Å². The van der Waals surface area contributed by atoms with Crippen molar-refractivity contribution in [3.63, 3.8) is 0 Å². The number of aryl methyl sites for hydroxylation is 1. The van der Waals surface area contributed by atoms with E-state index in [4.69, 9.17) is 22.7 Å². The van der Waals surface area contributed by atoms with Crippen LogP contribution in [0.25, 0.3) is 0 Å². The van der Waals surface area contributed by atoms with Crippen LogP contribution in [0.2, 0.25) is 0 Å². The summed E-state index contributed by atoms with van der Waals surface area (Å²) in [5.74, 6) is 1.28. The molecule has 1 aliphatic heterocycles. The predicted molar refractivity (Wildman–Crippen MR) is 169 cm³/mol. The van der Waals surface area contributed by atoms with E-state index in [-0.39, 0.29) is 11.6 Å². The number of thiocarbonyl (C=S) groups is 1. The molecule has 1 heterocycles. The van der Waals surface area contributed by atoms with Crippen LogP contribution in [0.4, 0.5) is 11.4 Å². The Hall–Kier alpha value is -2.81. The number of anilines is 2. The summed E-state index contributed by atoms with van der Waals surface area (Å²) in [6.45, 7) is 15.4. The number of ether oxygens (including phenoxy) is 1. The number of piperazine rings is 1. The molecular formula is C32H46N4O3S. The van der Waals surface area contributed by atoms with Crippen molar-refractivity contribution in [3.8, 4) is 5.75 Å². The summed E-state index contributed by atoms with van der Waals surface area (Å²) in [5, 5.41) is 0. The molecule has 0 atom stereocenters. The molecular weight excluding hydrogens is 520 g/mol. The van der Waals surface area contributed by atoms with Crippen molar-refractivity contribution in [3.05, 3.63) is 53.6 Å². The highest BCUT2D eigenvalue weighted by Gasteiger charge is 2.35. The van der Waals surface area contributed by atoms with Gasteiger partial charge in [0.1, 0.15) is 12.4 Å². The molecule has 2 aromatic rings. The lowest BCUT2D eigenvalue weighted by atomic mass is 9.92. The molecule has 2 N–H and O–H groups in total. The average Bonchev–Trinajstić information content (AvgIpc) is 2.90. The molecule has 7 nitrogen and oxygen atoms in total. The summed E-state index contributed by atoms with van der Waals surface area (Å²) in [4.78, 5) is 32.7. The van der Waals surface area contributed by atoms with Crippen molar-refractivity contribution in [1.82, 2.24) is 9.80 Å². The van der Waals surface area contributed by atoms with E-state index in [1.54, 1.807) is 0 Å². The summed E-state index contributed by atoms with van der Waals surface area (Å²) < 4.78 is 6.23. The molecule has 1 saturated heterocycles. The smallest absolute Gasteiger partial charge is 0.158 e. The van der Waals surface area contributed by atoms with Crippen molar-refractivity contribution in [2.45, 2.75) is 65.8 Å². The van der Waals surface area contributed by atoms with E-state index < -0.39 is 5.54 Å². The van der Waals surface area contributed by atoms with Gasteiger partial charge in [0.25, 0.3) is 0 Å². The molecule has 0 aliphatic carbocycles. The zero-order valence-electron chi connectivity index (χ0n) is 24.9. The molecule has 1 fully saturated rings. The number of nitrogens with two attached hydrogens (primary N) is 1. The number of nitrogens with zero attached hydrogens (tertiary/aromatic N) is 3. The second-order valence-corrected chi connectivity index (χ2v) is 11.7. The fraction of sp³-hybridized carbons (Fsp3) is 0.531. The van der Waals surface area contributed by atoms with Gasteiger partial charge in [-0.15, -0.1) is 0 Å². The maximum absolute atomic E-state index is 12.9. The number of carbonyl (C=O) groups is 2. The Morgan fingerprint density at radius 2 is 1.75 bits per heavy atom. The van der Waals surface area contributed by atoms with Crippen LogP contribution in [0.15, 0.2) is 42.5 Å². The number of ketones is 2. The first-order chi connectivity index (χ1) is 19.0. The Labute approximate surface area is 245 Å². The quantitative estimate of drug-likeness (QED) is 0.255. The van der Waals surface area contributed by atoms with Crippen LogP contribution in [0, 0.1) is 0 Å². The predicted octanol–water partition coefficient (Wildman–Crippen LogP) is 4.94. The molecule has 0 spiro atoms. The van der Waals surface area contributed by atoms with Gasteiger partial charge in [-0.05, 0) is 75.1 Å². The van der Waals surface area contributed by atoms with E-state index in [1.165, 1.54) is 0 Å². The van der Waals surface area contributed by atoms with Crippen LogP contribution in [-0.4, -0.2) is 77.8 Å². The van der Waals surface area contributed by atoms with Gasteiger partial charge in [-0.2, -0.15) is 0 Å². The molecule has 3 rings (SSSR count). The third-order valence-electron chi connectivity index (χ3n) is 7.60. The van der Waals surface area contributed by atoms with Crippen molar-refractivity contribution in [1.29, 1.82) is 0 Å². The lowest BCUT2D eigenvalue weighted by molar-refractivity contribution is -0.123. The summed E-state index contributed by atoms with van der Waals surface area (Å²) in [7, 11) is 0. The Bertz CT molecular complexity index is 1170. The average molecular weight is 567 g/mol. The highest BCUT2D eigenvalue weighted by atomic mass is 32.1. The molecule has 8 heteroatoms. The number of hydrogen-bond acceptors (Lipinski definition) is 7. The Morgan fingerprint density at radius 3 is 2.38 bits per heavy atom. The highest BCUT2D eigenvalue weighted by molar-refractivity contribution is 7.80. The van der Waals surface area contributed by atoms with E-state index >= 15 is 0 Å². The highest BCUT2D eigenvalue weighted by Crippen LogP contribution is 2.32. The van der Waals surface area contributed by atoms with Gasteiger partial charge in [0.15, 0.2) is 11.6 Å². The van der Waals surface area contributed by atoms with Crippen LogP contribution < -0.4 is 15.4 Å². The molecule has 0 saturated carbocycles. The van der Waals surface area contributed by atoms with Crippen LogP contribution >= 0.6 is 12.2 Å². The minimum Gasteiger partial charge on any atom is -0.492 e. The van der Waals surface area contributed by atoms with Gasteiger partial charge in [-0.1, -0.05) is 38.2 Å². The maximum atomic E-state index is 12.9. The minimum atomic E-state index is -0.711. The van der Waals surface area contributed by atoms with Gasteiger partial charge in [0.2, 0.25) is 0 Å². The fourth-order valence-electron chi connectivity index (χ4n) is 5.37. The van der Waals surface area contributed by atoms with Crippen LogP contribution in [0.3, 0.4) is 0 Å². The molecule has 0 aromatic heterocycles. The number of hydrogen-bond donors (Lipinski definition) is 1. The number of nitrogen functional groups attached to an aromatic ring is 1. The summed E-state index contributed by atoms with van der Waals surface area (Å²) in [6, 6.07) is 13.7. The summed E-state index contributed by atoms with van der Waals surface area (Å²) in [6.07, 6.45) is 2.59. The molecule has 0 radical (unpaired) electrons. The number of benzene rings is 2. The first-order valence-electron chi connectivity index (χ1n) is 14.5. The molecule has 1 aliphatic rings. The van der Waals surface area contributed by atoms with Crippen LogP contribution in [0.1, 0.15) is 58.6 Å². The first-order valence-corrected chi connectivity index (χ1v) is 14.9. The Morgan fingerprint density at radius 1 is 1.05 bits per heavy atom. The van der Waals surface area contributed by atoms with Crippen molar-refractivity contribution < 1.29 is 14.3 Å². The van der Waals surface area contributed by atoms with Gasteiger partial charge < -0.3 is 15.4 Å². The van der Waals surface area contributed by atoms with Crippen molar-refractivity contribution in [2.24, 2.45) is 0 Å². The zero-order valence-corrected chi connectivity index (χ0v) is 25.7. The Kier molecular flexibility index (Phi) is 11.7. The normalized spacial score (nSPS) is 14.6. The number of carbonyl (C=O) groups excluding carboxylic acids is 2. The second-order valence-electron chi connectivity index (χ2n) is 11.2. The van der Waals surface area contributed by atoms with Gasteiger partial charge in [0, 0.05) is 56.9 Å². The fourth-order valence-corrected chi connectivity index (χ4v) is 5.70. The van der Waals surface area contributed by atoms with Gasteiger partial charge in [-0.3, -0.25) is 19.4 Å². The third-order valence-corrected chi connectivity index (χ3v) is 7.78. The van der Waals surface area contributed by atoms with E-state index in [0.717, 1.165) is 68.1 Å². The second kappa shape index (κ2) is 14.7. The number of Topliss-reactive ketones (excluding diaryl/α,β-unsaturated/α-hetero) is 2. The lowest BCUT2D eigenvalue weighted by Crippen LogP contribution is -2.52. The van der Waals surface area contributed by atoms with E-state index in [0.29, 0.717) is 36.7 Å². The SMILES string of the molecule is CCCC(=O)C(C)(C)N(C(C)=S)c1ccc(OCCN2CCN(CC(=O)Cc3cccc(N)c3)CC2)c(CC)c1. The molecule has 40 heavy (non-hydrogen) atoms. The standard InChI is InChI=1S/C32H46N4O3S/c1-6-9-31(38)32(4,5)36(24(3)40)28-12-13-30(26(7-2)22-28)39-19-18-34-14-16-35(17-15-34)23-29(37)21-25-10-8-11-27(33)20-25/h8,10-13,20,22H,6-7,9,14-19,21,23,33H2,1-5H3. The van der Waals surface area contributed by atoms with Gasteiger partial charge in [0.05, 0.1) is 17.1 Å². The molecule has 0 bridgehead atoms. The zero-order chi connectivity index (χ0) is 29.3. The third kappa shape index (κ3) is 8.59. The van der Waals surface area contributed by atoms with Gasteiger partial charge in [-0.25, -0.2) is 0 Å². The monoisotopic (exact) mass is 566 g/mol. The lowest BCUT2D eigenvalue weighted by Gasteiger charge is -2.39. The van der Waals surface area contributed by atoms with Gasteiger partial charge >= 0.3 is 0 Å². The van der Waals surface area contributed by atoms with Crippen molar-refractivity contribution in [2.75, 3.05) is 56.5 Å². The molecule has 218 valence electrons. The van der Waals surface area contributed by atoms with E-state index in [1.807, 2.05) is 69.0 Å². The molecule has 2 aromatic carbocycles. The summed E-state index contributed by atoms with van der Waals surface area (Å²) in [5.41, 5.74) is 8.81. The minimum absolute atomic E-state index is 0.184. The summed E-state index contributed by atoms with van der Waals surface area (Å²) >= 11 is 5.58. The van der Waals surface area contributed by atoms with Crippen LogP contribution in [-0.2, 0) is 22.4 Å². The van der Waals surface area contributed by atoms with E-state index in [2.05, 4.69) is 22.8 Å². The molecule has 0 unspecified atom stereocenters. The number of rotatable bonds is 14. The first kappa shape index (κ1) is 31.7. The maximum Gasteiger partial charge on any atom is 0.158 e.